The first-order valence-corrected chi connectivity index (χ1v) is 7.42. The van der Waals surface area contributed by atoms with Crippen molar-refractivity contribution in [3.63, 3.8) is 0 Å². The van der Waals surface area contributed by atoms with Crippen LogP contribution in [0.15, 0.2) is 0 Å². The molecule has 0 bridgehead atoms. The Morgan fingerprint density at radius 2 is 1.29 bits per heavy atom. The highest BCUT2D eigenvalue weighted by Crippen LogP contribution is 2.32. The van der Waals surface area contributed by atoms with E-state index in [0.29, 0.717) is 7.92 Å². The molecule has 0 unspecified atom stereocenters. The quantitative estimate of drug-likeness (QED) is 0.519. The minimum absolute atomic E-state index is 0.250. The standard InChI is InChI=1S/C6H15P.CH2O2.H3O3P/c1-4-7(5-2)6-3;2-1-3;1-4(2)3/h4-6H2,1-3H3;1H,(H,2,3);4H,(H2,1,2,3). The first-order chi connectivity index (χ1) is 6.49. The Morgan fingerprint density at radius 3 is 1.29 bits per heavy atom. The van der Waals surface area contributed by atoms with Gasteiger partial charge in [0.2, 0.25) is 0 Å². The second-order valence-corrected chi connectivity index (χ2v) is 5.81. The van der Waals surface area contributed by atoms with E-state index < -0.39 is 8.25 Å². The summed E-state index contributed by atoms with van der Waals surface area (Å²) in [4.78, 5) is 22.7. The van der Waals surface area contributed by atoms with Gasteiger partial charge in [-0.25, -0.2) is 0 Å². The molecule has 0 aliphatic rings. The normalized spacial score (nSPS) is 8.50. The Labute approximate surface area is 86.9 Å². The van der Waals surface area contributed by atoms with Crippen molar-refractivity contribution in [2.24, 2.45) is 0 Å². The maximum atomic E-state index is 8.74. The van der Waals surface area contributed by atoms with E-state index in [1.54, 1.807) is 0 Å². The Balaban J connectivity index is -0.000000147. The number of carboxylic acid groups (broad SMARTS) is 1. The summed E-state index contributed by atoms with van der Waals surface area (Å²) in [5.74, 6) is 0. The molecule has 0 spiro atoms. The number of hydrogen-bond acceptors (Lipinski definition) is 2. The number of carbonyl (C=O) groups is 1. The predicted molar refractivity (Wildman–Crippen MR) is 60.7 cm³/mol. The highest BCUT2D eigenvalue weighted by atomic mass is 31.1. The zero-order valence-electron chi connectivity index (χ0n) is 8.80. The van der Waals surface area contributed by atoms with Crippen LogP contribution in [-0.2, 0) is 9.36 Å². The molecule has 88 valence electrons. The smallest absolute Gasteiger partial charge is 0.314 e. The minimum atomic E-state index is -3.13. The van der Waals surface area contributed by atoms with Gasteiger partial charge in [0.15, 0.2) is 0 Å². The van der Waals surface area contributed by atoms with Gasteiger partial charge >= 0.3 is 8.25 Å². The molecule has 0 atom stereocenters. The SMILES string of the molecule is CCP(CC)CC.O=CO.O=[PH](O)O. The third-order valence-electron chi connectivity index (χ3n) is 1.34. The van der Waals surface area contributed by atoms with Crippen LogP contribution in [0.1, 0.15) is 20.8 Å². The molecule has 0 amide bonds. The summed E-state index contributed by atoms with van der Waals surface area (Å²) < 4.78 is 8.74. The van der Waals surface area contributed by atoms with Gasteiger partial charge in [-0.3, -0.25) is 9.36 Å². The molecule has 3 N–H and O–H groups in total. The van der Waals surface area contributed by atoms with Crippen LogP contribution in [0.2, 0.25) is 0 Å². The van der Waals surface area contributed by atoms with Gasteiger partial charge < -0.3 is 14.9 Å². The zero-order chi connectivity index (χ0) is 12.0. The third-order valence-corrected chi connectivity index (χ3v) is 4.02. The summed E-state index contributed by atoms with van der Waals surface area (Å²) in [6.07, 6.45) is 4.26. The van der Waals surface area contributed by atoms with Crippen LogP contribution in [0.25, 0.3) is 0 Å². The second-order valence-electron chi connectivity index (χ2n) is 2.01. The summed E-state index contributed by atoms with van der Waals surface area (Å²) in [7, 11) is -2.68. The molecular formula is C7H20O5P2. The van der Waals surface area contributed by atoms with Gasteiger partial charge in [0, 0.05) is 0 Å². The average Bonchev–Trinajstić information content (AvgIpc) is 2.08. The molecule has 14 heavy (non-hydrogen) atoms. The van der Waals surface area contributed by atoms with Crippen LogP contribution < -0.4 is 0 Å². The van der Waals surface area contributed by atoms with Crippen LogP contribution in [0.5, 0.6) is 0 Å². The third kappa shape index (κ3) is 40.2. The largest absolute Gasteiger partial charge is 0.483 e. The molecule has 7 heteroatoms. The van der Waals surface area contributed by atoms with Crippen LogP contribution in [0.3, 0.4) is 0 Å². The topological polar surface area (TPSA) is 94.8 Å². The summed E-state index contributed by atoms with van der Waals surface area (Å²) in [6, 6.07) is 0. The molecule has 0 aliphatic heterocycles. The van der Waals surface area contributed by atoms with Crippen molar-refractivity contribution in [2.75, 3.05) is 18.5 Å². The fraction of sp³-hybridized carbons (Fsp3) is 0.857. The monoisotopic (exact) mass is 246 g/mol. The Bertz CT molecular complexity index is 118. The van der Waals surface area contributed by atoms with Crippen molar-refractivity contribution < 1.29 is 24.3 Å². The highest BCUT2D eigenvalue weighted by molar-refractivity contribution is 7.57. The van der Waals surface area contributed by atoms with Crippen molar-refractivity contribution >= 4 is 22.6 Å². The lowest BCUT2D eigenvalue weighted by Crippen LogP contribution is -1.83. The predicted octanol–water partition coefficient (Wildman–Crippen LogP) is 1.59. The molecule has 0 fully saturated rings. The van der Waals surface area contributed by atoms with E-state index in [2.05, 4.69) is 20.8 Å². The van der Waals surface area contributed by atoms with Crippen molar-refractivity contribution in [3.8, 4) is 0 Å². The van der Waals surface area contributed by atoms with E-state index in [9.17, 15) is 0 Å². The zero-order valence-corrected chi connectivity index (χ0v) is 10.7. The first kappa shape index (κ1) is 19.6. The summed E-state index contributed by atoms with van der Waals surface area (Å²) >= 11 is 0. The second kappa shape index (κ2) is 18.8. The lowest BCUT2D eigenvalue weighted by molar-refractivity contribution is -0.122. The summed E-state index contributed by atoms with van der Waals surface area (Å²) in [5, 5.41) is 6.89. The average molecular weight is 246 g/mol. The van der Waals surface area contributed by atoms with Gasteiger partial charge in [-0.15, -0.1) is 7.92 Å². The van der Waals surface area contributed by atoms with Gasteiger partial charge in [-0.2, -0.15) is 0 Å². The molecule has 0 aromatic heterocycles. The van der Waals surface area contributed by atoms with Gasteiger partial charge in [-0.05, 0) is 18.5 Å². The molecule has 0 heterocycles. The van der Waals surface area contributed by atoms with Crippen molar-refractivity contribution in [1.82, 2.24) is 0 Å². The summed E-state index contributed by atoms with van der Waals surface area (Å²) in [6.45, 7) is 6.62. The molecule has 0 aromatic carbocycles. The van der Waals surface area contributed by atoms with Crippen LogP contribution >= 0.6 is 16.2 Å². The molecule has 0 saturated heterocycles. The minimum Gasteiger partial charge on any atom is -0.483 e. The van der Waals surface area contributed by atoms with Crippen LogP contribution in [0, 0.1) is 0 Å². The van der Waals surface area contributed by atoms with Crippen LogP contribution in [0.4, 0.5) is 0 Å². The Morgan fingerprint density at radius 1 is 1.14 bits per heavy atom. The molecule has 0 radical (unpaired) electrons. The van der Waals surface area contributed by atoms with Crippen molar-refractivity contribution in [2.45, 2.75) is 20.8 Å². The number of rotatable bonds is 3. The van der Waals surface area contributed by atoms with E-state index >= 15 is 0 Å². The molecule has 5 nitrogen and oxygen atoms in total. The fourth-order valence-electron chi connectivity index (χ4n) is 0.671. The fourth-order valence-corrected chi connectivity index (χ4v) is 2.01. The van der Waals surface area contributed by atoms with Crippen molar-refractivity contribution in [3.05, 3.63) is 0 Å². The van der Waals surface area contributed by atoms with Crippen LogP contribution in [-0.4, -0.2) is 39.9 Å². The van der Waals surface area contributed by atoms with E-state index in [1.165, 1.54) is 18.5 Å². The lowest BCUT2D eigenvalue weighted by Gasteiger charge is -2.07. The lowest BCUT2D eigenvalue weighted by atomic mass is 10.9. The summed E-state index contributed by atoms with van der Waals surface area (Å²) in [5.41, 5.74) is 0. The molecule has 0 rings (SSSR count). The Hall–Kier alpha value is 0.0500. The molecule has 0 saturated carbocycles. The maximum absolute atomic E-state index is 8.74. The van der Waals surface area contributed by atoms with Gasteiger partial charge in [0.1, 0.15) is 0 Å². The van der Waals surface area contributed by atoms with E-state index in [0.717, 1.165) is 0 Å². The first-order valence-electron chi connectivity index (χ1n) is 4.22. The van der Waals surface area contributed by atoms with Gasteiger partial charge in [0.25, 0.3) is 6.47 Å². The van der Waals surface area contributed by atoms with E-state index in [1.807, 2.05) is 0 Å². The van der Waals surface area contributed by atoms with Crippen molar-refractivity contribution in [1.29, 1.82) is 0 Å². The molecule has 0 aliphatic carbocycles. The Kier molecular flexibility index (Phi) is 26.3. The van der Waals surface area contributed by atoms with Gasteiger partial charge in [-0.1, -0.05) is 20.8 Å². The van der Waals surface area contributed by atoms with E-state index in [-0.39, 0.29) is 6.47 Å². The maximum Gasteiger partial charge on any atom is 0.314 e. The molecular weight excluding hydrogens is 226 g/mol. The van der Waals surface area contributed by atoms with Gasteiger partial charge in [0.05, 0.1) is 0 Å². The highest BCUT2D eigenvalue weighted by Gasteiger charge is 1.94. The number of hydrogen-bond donors (Lipinski definition) is 3. The van der Waals surface area contributed by atoms with E-state index in [4.69, 9.17) is 24.3 Å². The molecule has 0 aromatic rings.